The Kier molecular flexibility index (Phi) is 5.16. The number of carbonyl (C=O) groups is 2. The maximum Gasteiger partial charge on any atom is 0.278 e. The molecule has 0 atom stereocenters. The van der Waals surface area contributed by atoms with Crippen molar-refractivity contribution in [3.8, 4) is 11.5 Å². The monoisotopic (exact) mass is 366 g/mol. The van der Waals surface area contributed by atoms with Crippen LogP contribution in [0.4, 0.5) is 5.69 Å². The van der Waals surface area contributed by atoms with Gasteiger partial charge in [-0.05, 0) is 44.2 Å². The molecule has 0 unspecified atom stereocenters. The molecule has 0 aromatic heterocycles. The number of nitrogens with zero attached hydrogens (tertiary/aromatic N) is 1. The molecule has 1 aliphatic rings. The van der Waals surface area contributed by atoms with Gasteiger partial charge >= 0.3 is 0 Å². The third-order valence-electron chi connectivity index (χ3n) is 4.37. The molecule has 2 aromatic rings. The normalized spacial score (nSPS) is 14.2. The molecule has 1 N–H and O–H groups in total. The maximum absolute atomic E-state index is 13.1. The van der Waals surface area contributed by atoms with E-state index in [2.05, 4.69) is 5.32 Å². The fraction of sp³-hybridized carbons (Fsp3) is 0.238. The Bertz CT molecular complexity index is 901. The lowest BCUT2D eigenvalue weighted by molar-refractivity contribution is -0.138. The van der Waals surface area contributed by atoms with Crippen LogP contribution >= 0.6 is 0 Å². The molecule has 27 heavy (non-hydrogen) atoms. The number of carbonyl (C=O) groups excluding carboxylic acids is 2. The van der Waals surface area contributed by atoms with Crippen LogP contribution in [0.5, 0.6) is 11.5 Å². The highest BCUT2D eigenvalue weighted by molar-refractivity contribution is 6.37. The molecular formula is C21H22N2O4. The van der Waals surface area contributed by atoms with Crippen molar-refractivity contribution in [3.05, 3.63) is 59.8 Å². The second kappa shape index (κ2) is 7.53. The molecule has 0 aliphatic carbocycles. The van der Waals surface area contributed by atoms with Gasteiger partial charge in [0.15, 0.2) is 0 Å². The molecule has 0 fully saturated rings. The van der Waals surface area contributed by atoms with Crippen LogP contribution in [-0.2, 0) is 9.59 Å². The van der Waals surface area contributed by atoms with Crippen LogP contribution in [0.1, 0.15) is 19.4 Å². The average molecular weight is 366 g/mol. The highest BCUT2D eigenvalue weighted by Gasteiger charge is 2.41. The number of benzene rings is 2. The molecular weight excluding hydrogens is 344 g/mol. The Balaban J connectivity index is 2.11. The van der Waals surface area contributed by atoms with Crippen molar-refractivity contribution in [2.75, 3.05) is 19.5 Å². The molecule has 140 valence electrons. The summed E-state index contributed by atoms with van der Waals surface area (Å²) in [4.78, 5) is 27.3. The van der Waals surface area contributed by atoms with Crippen LogP contribution in [0.25, 0.3) is 5.57 Å². The number of methoxy groups -OCH3 is 2. The summed E-state index contributed by atoms with van der Waals surface area (Å²) in [6.07, 6.45) is 0. The van der Waals surface area contributed by atoms with E-state index in [0.29, 0.717) is 28.3 Å². The van der Waals surface area contributed by atoms with E-state index in [1.807, 2.05) is 26.0 Å². The molecule has 2 aromatic carbocycles. The van der Waals surface area contributed by atoms with Crippen molar-refractivity contribution < 1.29 is 19.1 Å². The van der Waals surface area contributed by atoms with E-state index >= 15 is 0 Å². The second-order valence-electron chi connectivity index (χ2n) is 6.38. The Morgan fingerprint density at radius 2 is 1.56 bits per heavy atom. The van der Waals surface area contributed by atoms with Crippen molar-refractivity contribution >= 4 is 23.1 Å². The van der Waals surface area contributed by atoms with Gasteiger partial charge in [-0.1, -0.05) is 18.2 Å². The first-order chi connectivity index (χ1) is 13.0. The lowest BCUT2D eigenvalue weighted by atomic mass is 10.0. The largest absolute Gasteiger partial charge is 0.497 e. The molecule has 6 heteroatoms. The zero-order valence-corrected chi connectivity index (χ0v) is 15.8. The minimum Gasteiger partial charge on any atom is -0.497 e. The summed E-state index contributed by atoms with van der Waals surface area (Å²) < 4.78 is 10.6. The summed E-state index contributed by atoms with van der Waals surface area (Å²) in [5.74, 6) is 0.549. The number of rotatable bonds is 6. The van der Waals surface area contributed by atoms with Crippen molar-refractivity contribution in [2.24, 2.45) is 0 Å². The second-order valence-corrected chi connectivity index (χ2v) is 6.38. The van der Waals surface area contributed by atoms with Crippen molar-refractivity contribution in [2.45, 2.75) is 19.9 Å². The van der Waals surface area contributed by atoms with Gasteiger partial charge in [0, 0.05) is 17.3 Å². The van der Waals surface area contributed by atoms with Crippen molar-refractivity contribution in [1.29, 1.82) is 0 Å². The van der Waals surface area contributed by atoms with Crippen LogP contribution < -0.4 is 14.8 Å². The van der Waals surface area contributed by atoms with Gasteiger partial charge in [-0.3, -0.25) is 14.5 Å². The van der Waals surface area contributed by atoms with Crippen LogP contribution in [0, 0.1) is 0 Å². The molecule has 6 nitrogen and oxygen atoms in total. The molecule has 0 spiro atoms. The van der Waals surface area contributed by atoms with E-state index in [9.17, 15) is 9.59 Å². The minimum absolute atomic E-state index is 0.239. The van der Waals surface area contributed by atoms with E-state index < -0.39 is 0 Å². The molecule has 3 rings (SSSR count). The number of para-hydroxylation sites is 1. The molecule has 0 radical (unpaired) electrons. The van der Waals surface area contributed by atoms with Gasteiger partial charge in [0.05, 0.1) is 19.8 Å². The molecule has 2 amide bonds. The summed E-state index contributed by atoms with van der Waals surface area (Å²) >= 11 is 0. The quantitative estimate of drug-likeness (QED) is 0.795. The zero-order valence-electron chi connectivity index (χ0n) is 15.8. The Labute approximate surface area is 158 Å². The minimum atomic E-state index is -0.355. The van der Waals surface area contributed by atoms with Gasteiger partial charge in [0.1, 0.15) is 17.2 Å². The van der Waals surface area contributed by atoms with Gasteiger partial charge in [-0.15, -0.1) is 0 Å². The molecule has 0 saturated heterocycles. The lowest BCUT2D eigenvalue weighted by Crippen LogP contribution is -2.38. The van der Waals surface area contributed by atoms with Gasteiger partial charge < -0.3 is 14.8 Å². The molecule has 0 bridgehead atoms. The molecule has 1 aliphatic heterocycles. The molecule has 1 heterocycles. The third-order valence-corrected chi connectivity index (χ3v) is 4.37. The first-order valence-corrected chi connectivity index (χ1v) is 8.64. The summed E-state index contributed by atoms with van der Waals surface area (Å²) in [7, 11) is 3.13. The Hall–Kier alpha value is -3.28. The van der Waals surface area contributed by atoms with E-state index in [1.165, 1.54) is 12.0 Å². The number of amides is 2. The van der Waals surface area contributed by atoms with Crippen molar-refractivity contribution in [3.63, 3.8) is 0 Å². The number of hydrogen-bond donors (Lipinski definition) is 1. The Morgan fingerprint density at radius 1 is 0.889 bits per heavy atom. The molecule has 0 saturated carbocycles. The van der Waals surface area contributed by atoms with Gasteiger partial charge in [-0.2, -0.15) is 0 Å². The topological polar surface area (TPSA) is 67.9 Å². The fourth-order valence-corrected chi connectivity index (χ4v) is 3.05. The maximum atomic E-state index is 13.1. The van der Waals surface area contributed by atoms with Crippen molar-refractivity contribution in [1.82, 2.24) is 4.90 Å². The fourth-order valence-electron chi connectivity index (χ4n) is 3.05. The zero-order chi connectivity index (χ0) is 19.6. The van der Waals surface area contributed by atoms with Crippen LogP contribution in [0.15, 0.2) is 54.2 Å². The number of anilines is 1. The van der Waals surface area contributed by atoms with Gasteiger partial charge in [-0.25, -0.2) is 0 Å². The summed E-state index contributed by atoms with van der Waals surface area (Å²) in [6, 6.07) is 14.1. The summed E-state index contributed by atoms with van der Waals surface area (Å²) in [5, 5.41) is 3.11. The first kappa shape index (κ1) is 18.5. The van der Waals surface area contributed by atoms with E-state index in [4.69, 9.17) is 9.47 Å². The van der Waals surface area contributed by atoms with Crippen LogP contribution in [0.3, 0.4) is 0 Å². The van der Waals surface area contributed by atoms with E-state index in [-0.39, 0.29) is 23.6 Å². The Morgan fingerprint density at radius 3 is 2.15 bits per heavy atom. The van der Waals surface area contributed by atoms with E-state index in [0.717, 1.165) is 0 Å². The standard InChI is InChI=1S/C21H22N2O4/c1-13(2)23-20(24)18(16-7-5-6-8-17(16)27-4)19(21(23)25)22-14-9-11-15(26-3)12-10-14/h5-13,22H,1-4H3. The predicted molar refractivity (Wildman–Crippen MR) is 104 cm³/mol. The van der Waals surface area contributed by atoms with Gasteiger partial charge in [0.25, 0.3) is 11.8 Å². The third kappa shape index (κ3) is 3.38. The lowest BCUT2D eigenvalue weighted by Gasteiger charge is -2.19. The highest BCUT2D eigenvalue weighted by atomic mass is 16.5. The number of imide groups is 1. The first-order valence-electron chi connectivity index (χ1n) is 8.64. The highest BCUT2D eigenvalue weighted by Crippen LogP contribution is 2.36. The average Bonchev–Trinajstić information content (AvgIpc) is 2.92. The van der Waals surface area contributed by atoms with Gasteiger partial charge in [0.2, 0.25) is 0 Å². The summed E-state index contributed by atoms with van der Waals surface area (Å²) in [6.45, 7) is 3.62. The van der Waals surface area contributed by atoms with Crippen LogP contribution in [-0.4, -0.2) is 37.0 Å². The SMILES string of the molecule is COc1ccc(NC2=C(c3ccccc3OC)C(=O)N(C(C)C)C2=O)cc1. The predicted octanol–water partition coefficient (Wildman–Crippen LogP) is 3.30. The summed E-state index contributed by atoms with van der Waals surface area (Å²) in [5.41, 5.74) is 1.81. The number of ether oxygens (including phenoxy) is 2. The van der Waals surface area contributed by atoms with Crippen LogP contribution in [0.2, 0.25) is 0 Å². The number of nitrogens with one attached hydrogen (secondary N) is 1. The van der Waals surface area contributed by atoms with E-state index in [1.54, 1.807) is 43.5 Å². The number of hydrogen-bond acceptors (Lipinski definition) is 5. The smallest absolute Gasteiger partial charge is 0.278 e.